The lowest BCUT2D eigenvalue weighted by molar-refractivity contribution is -0.138. The lowest BCUT2D eigenvalue weighted by Crippen LogP contribution is -2.06. The van der Waals surface area contributed by atoms with E-state index >= 15 is 0 Å². The van der Waals surface area contributed by atoms with Crippen LogP contribution in [0, 0.1) is 0 Å². The van der Waals surface area contributed by atoms with Crippen LogP contribution in [-0.4, -0.2) is 26.3 Å². The summed E-state index contributed by atoms with van der Waals surface area (Å²) >= 11 is 0. The minimum atomic E-state index is -0.320. The van der Waals surface area contributed by atoms with Crippen molar-refractivity contribution in [3.63, 3.8) is 0 Å². The van der Waals surface area contributed by atoms with Crippen molar-refractivity contribution >= 4 is 5.97 Å². The number of esters is 1. The van der Waals surface area contributed by atoms with Gasteiger partial charge in [-0.05, 0) is 6.92 Å². The third kappa shape index (κ3) is 5.31. The van der Waals surface area contributed by atoms with E-state index in [-0.39, 0.29) is 5.97 Å². The van der Waals surface area contributed by atoms with E-state index in [1.807, 2.05) is 0 Å². The molecule has 58 valence electrons. The van der Waals surface area contributed by atoms with Crippen molar-refractivity contribution in [2.24, 2.45) is 0 Å². The van der Waals surface area contributed by atoms with E-state index in [0.717, 1.165) is 0 Å². The molecule has 0 N–H and O–H groups in total. The van der Waals surface area contributed by atoms with Crippen LogP contribution in [0.2, 0.25) is 0 Å². The van der Waals surface area contributed by atoms with Gasteiger partial charge in [-0.25, -0.2) is 4.79 Å². The lowest BCUT2D eigenvalue weighted by Gasteiger charge is -1.98. The summed E-state index contributed by atoms with van der Waals surface area (Å²) in [4.78, 5) is 10.6. The van der Waals surface area contributed by atoms with Crippen molar-refractivity contribution in [2.45, 2.75) is 6.92 Å². The Morgan fingerprint density at radius 2 is 2.20 bits per heavy atom. The molecule has 0 unspecified atom stereocenters. The normalized spacial score (nSPS) is 10.2. The van der Waals surface area contributed by atoms with Crippen molar-refractivity contribution in [2.75, 3.05) is 20.3 Å². The molecule has 0 radical (unpaired) electrons. The predicted molar refractivity (Wildman–Crippen MR) is 37.6 cm³/mol. The summed E-state index contributed by atoms with van der Waals surface area (Å²) < 4.78 is 9.34. The molecule has 0 aliphatic heterocycles. The average Bonchev–Trinajstić information content (AvgIpc) is 1.89. The van der Waals surface area contributed by atoms with Crippen LogP contribution in [0.4, 0.5) is 0 Å². The maximum Gasteiger partial charge on any atom is 0.330 e. The minimum Gasteiger partial charge on any atom is -0.460 e. The van der Waals surface area contributed by atoms with Gasteiger partial charge in [0.15, 0.2) is 0 Å². The second-order valence-electron chi connectivity index (χ2n) is 1.66. The SMILES string of the molecule is CC=CC(=O)OCCOC. The van der Waals surface area contributed by atoms with Gasteiger partial charge in [0.2, 0.25) is 0 Å². The van der Waals surface area contributed by atoms with Gasteiger partial charge in [0.25, 0.3) is 0 Å². The predicted octanol–water partition coefficient (Wildman–Crippen LogP) is 0.752. The molecule has 0 rings (SSSR count). The van der Waals surface area contributed by atoms with E-state index in [1.165, 1.54) is 6.08 Å². The molecule has 3 heteroatoms. The van der Waals surface area contributed by atoms with Crippen molar-refractivity contribution < 1.29 is 14.3 Å². The Hall–Kier alpha value is -0.830. The molecule has 0 saturated carbocycles. The molecule has 0 heterocycles. The first-order valence-corrected chi connectivity index (χ1v) is 3.09. The molecule has 0 bridgehead atoms. The Morgan fingerprint density at radius 1 is 1.50 bits per heavy atom. The lowest BCUT2D eigenvalue weighted by atomic mass is 10.5. The second-order valence-corrected chi connectivity index (χ2v) is 1.66. The first-order chi connectivity index (χ1) is 4.81. The van der Waals surface area contributed by atoms with Crippen molar-refractivity contribution in [1.29, 1.82) is 0 Å². The average molecular weight is 144 g/mol. The Kier molecular flexibility index (Phi) is 5.77. The largest absolute Gasteiger partial charge is 0.460 e. The van der Waals surface area contributed by atoms with Gasteiger partial charge in [0, 0.05) is 13.2 Å². The number of carbonyl (C=O) groups excluding carboxylic acids is 1. The topological polar surface area (TPSA) is 35.5 Å². The summed E-state index contributed by atoms with van der Waals surface area (Å²) in [6.07, 6.45) is 3.00. The maximum absolute atomic E-state index is 10.6. The van der Waals surface area contributed by atoms with Crippen molar-refractivity contribution in [3.8, 4) is 0 Å². The molecule has 3 nitrogen and oxygen atoms in total. The molecule has 10 heavy (non-hydrogen) atoms. The molecular formula is C7H12O3. The number of ether oxygens (including phenoxy) is 2. The third-order valence-electron chi connectivity index (χ3n) is 0.835. The fourth-order valence-corrected chi connectivity index (χ4v) is 0.410. The molecule has 0 aliphatic carbocycles. The standard InChI is InChI=1S/C7H12O3/c1-3-4-7(8)10-6-5-9-2/h3-4H,5-6H2,1-2H3. The highest BCUT2D eigenvalue weighted by molar-refractivity contribution is 5.81. The summed E-state index contributed by atoms with van der Waals surface area (Å²) in [5.41, 5.74) is 0. The quantitative estimate of drug-likeness (QED) is 0.332. The van der Waals surface area contributed by atoms with Crippen LogP contribution < -0.4 is 0 Å². The summed E-state index contributed by atoms with van der Waals surface area (Å²) in [7, 11) is 1.56. The van der Waals surface area contributed by atoms with E-state index in [0.29, 0.717) is 13.2 Å². The Bertz CT molecular complexity index is 118. The summed E-state index contributed by atoms with van der Waals surface area (Å²) in [6, 6.07) is 0. The Morgan fingerprint density at radius 3 is 2.70 bits per heavy atom. The van der Waals surface area contributed by atoms with E-state index in [2.05, 4.69) is 9.47 Å². The van der Waals surface area contributed by atoms with Crippen molar-refractivity contribution in [1.82, 2.24) is 0 Å². The van der Waals surface area contributed by atoms with Crippen LogP contribution in [0.15, 0.2) is 12.2 Å². The monoisotopic (exact) mass is 144 g/mol. The van der Waals surface area contributed by atoms with Gasteiger partial charge in [0.1, 0.15) is 6.61 Å². The van der Waals surface area contributed by atoms with Crippen LogP contribution in [-0.2, 0) is 14.3 Å². The molecule has 0 saturated heterocycles. The molecule has 0 amide bonds. The fourth-order valence-electron chi connectivity index (χ4n) is 0.410. The highest BCUT2D eigenvalue weighted by atomic mass is 16.6. The highest BCUT2D eigenvalue weighted by Gasteiger charge is 1.92. The van der Waals surface area contributed by atoms with Crippen LogP contribution >= 0.6 is 0 Å². The zero-order valence-corrected chi connectivity index (χ0v) is 6.29. The first-order valence-electron chi connectivity index (χ1n) is 3.09. The van der Waals surface area contributed by atoms with Gasteiger partial charge in [-0.3, -0.25) is 0 Å². The summed E-state index contributed by atoms with van der Waals surface area (Å²) in [5.74, 6) is -0.320. The van der Waals surface area contributed by atoms with E-state index in [4.69, 9.17) is 0 Å². The molecule has 0 aromatic rings. The zero-order chi connectivity index (χ0) is 7.82. The molecule has 0 fully saturated rings. The number of hydrogen-bond acceptors (Lipinski definition) is 3. The highest BCUT2D eigenvalue weighted by Crippen LogP contribution is 1.80. The van der Waals surface area contributed by atoms with Gasteiger partial charge in [-0.15, -0.1) is 0 Å². The number of methoxy groups -OCH3 is 1. The Balaban J connectivity index is 3.22. The number of allylic oxidation sites excluding steroid dienone is 1. The molecular weight excluding hydrogens is 132 g/mol. The number of hydrogen-bond donors (Lipinski definition) is 0. The van der Waals surface area contributed by atoms with Crippen LogP contribution in [0.1, 0.15) is 6.92 Å². The van der Waals surface area contributed by atoms with Crippen LogP contribution in [0.5, 0.6) is 0 Å². The van der Waals surface area contributed by atoms with Crippen LogP contribution in [0.3, 0.4) is 0 Å². The molecule has 0 aromatic carbocycles. The van der Waals surface area contributed by atoms with E-state index < -0.39 is 0 Å². The van der Waals surface area contributed by atoms with Gasteiger partial charge in [0.05, 0.1) is 6.61 Å². The number of rotatable bonds is 4. The van der Waals surface area contributed by atoms with E-state index in [1.54, 1.807) is 20.1 Å². The van der Waals surface area contributed by atoms with Gasteiger partial charge in [-0.2, -0.15) is 0 Å². The maximum atomic E-state index is 10.6. The van der Waals surface area contributed by atoms with Crippen LogP contribution in [0.25, 0.3) is 0 Å². The molecule has 0 spiro atoms. The first kappa shape index (κ1) is 9.17. The van der Waals surface area contributed by atoms with E-state index in [9.17, 15) is 4.79 Å². The van der Waals surface area contributed by atoms with Gasteiger partial charge < -0.3 is 9.47 Å². The summed E-state index contributed by atoms with van der Waals surface area (Å²) in [6.45, 7) is 2.53. The molecule has 0 atom stereocenters. The third-order valence-corrected chi connectivity index (χ3v) is 0.835. The molecule has 0 aromatic heterocycles. The van der Waals surface area contributed by atoms with Crippen molar-refractivity contribution in [3.05, 3.63) is 12.2 Å². The fraction of sp³-hybridized carbons (Fsp3) is 0.571. The van der Waals surface area contributed by atoms with Gasteiger partial charge >= 0.3 is 5.97 Å². The second kappa shape index (κ2) is 6.29. The minimum absolute atomic E-state index is 0.319. The smallest absolute Gasteiger partial charge is 0.330 e. The zero-order valence-electron chi connectivity index (χ0n) is 6.29. The summed E-state index contributed by atoms with van der Waals surface area (Å²) in [5, 5.41) is 0. The van der Waals surface area contributed by atoms with Gasteiger partial charge in [-0.1, -0.05) is 6.08 Å². The Labute approximate surface area is 60.6 Å². The number of carbonyl (C=O) groups is 1. The molecule has 0 aliphatic rings.